The predicted octanol–water partition coefficient (Wildman–Crippen LogP) is 3.37. The smallest absolute Gasteiger partial charge is 0.185 e. The molecule has 0 aliphatic heterocycles. The Bertz CT molecular complexity index is 474. The number of ketones is 1. The van der Waals surface area contributed by atoms with Crippen molar-refractivity contribution >= 4 is 14.1 Å². The Morgan fingerprint density at radius 3 is 2.21 bits per heavy atom. The van der Waals surface area contributed by atoms with Crippen LogP contribution in [0.3, 0.4) is 0 Å². The third-order valence-electron chi connectivity index (χ3n) is 5.50. The van der Waals surface area contributed by atoms with Gasteiger partial charge in [0.15, 0.2) is 13.9 Å². The van der Waals surface area contributed by atoms with Crippen LogP contribution in [0.2, 0.25) is 19.6 Å². The summed E-state index contributed by atoms with van der Waals surface area (Å²) in [6.45, 7) is 14.3. The van der Waals surface area contributed by atoms with E-state index in [-0.39, 0.29) is 22.5 Å². The lowest BCUT2D eigenvalue weighted by Gasteiger charge is -2.45. The zero-order chi connectivity index (χ0) is 14.9. The molecule has 0 bridgehead atoms. The van der Waals surface area contributed by atoms with E-state index in [1.165, 1.54) is 0 Å². The zero-order valence-electron chi connectivity index (χ0n) is 13.1. The third kappa shape index (κ3) is 1.61. The van der Waals surface area contributed by atoms with Crippen molar-refractivity contribution < 1.29 is 9.22 Å². The molecular weight excluding hydrogens is 254 g/mol. The van der Waals surface area contributed by atoms with Gasteiger partial charge in [-0.15, -0.1) is 0 Å². The lowest BCUT2D eigenvalue weighted by Crippen LogP contribution is -2.54. The Morgan fingerprint density at radius 2 is 1.89 bits per heavy atom. The van der Waals surface area contributed by atoms with Gasteiger partial charge >= 0.3 is 0 Å². The summed E-state index contributed by atoms with van der Waals surface area (Å²) < 4.78 is 6.36. The highest BCUT2D eigenvalue weighted by atomic mass is 28.4. The average Bonchev–Trinajstić information content (AvgIpc) is 2.96. The highest BCUT2D eigenvalue weighted by molar-refractivity contribution is 6.69. The molecule has 0 aromatic heterocycles. The van der Waals surface area contributed by atoms with Crippen LogP contribution in [0.25, 0.3) is 0 Å². The Morgan fingerprint density at radius 1 is 1.37 bits per heavy atom. The summed E-state index contributed by atoms with van der Waals surface area (Å²) in [6.07, 6.45) is 0.926. The van der Waals surface area contributed by atoms with Crippen LogP contribution in [0.5, 0.6) is 0 Å². The standard InChI is InChI=1S/C15H25NO2Si/c1-10-14(11(2)17)8-12(14)13(3,4)15(10,9-16)18-19(5,6)7/h10,12H,8H2,1-7H3/t10-,12-,14+,15?/m1/s1. The first-order chi connectivity index (χ1) is 8.45. The molecular formula is C15H25NO2Si. The van der Waals surface area contributed by atoms with Crippen LogP contribution in [0.15, 0.2) is 0 Å². The maximum atomic E-state index is 12.1. The Labute approximate surface area is 117 Å². The van der Waals surface area contributed by atoms with Crippen LogP contribution >= 0.6 is 0 Å². The van der Waals surface area contributed by atoms with E-state index >= 15 is 0 Å². The van der Waals surface area contributed by atoms with Gasteiger partial charge in [0.25, 0.3) is 0 Å². The number of carbonyl (C=O) groups is 1. The van der Waals surface area contributed by atoms with Crippen LogP contribution in [0.4, 0.5) is 0 Å². The van der Waals surface area contributed by atoms with Crippen LogP contribution in [-0.2, 0) is 9.22 Å². The molecule has 0 aromatic rings. The highest BCUT2D eigenvalue weighted by Crippen LogP contribution is 2.77. The average molecular weight is 279 g/mol. The molecule has 0 N–H and O–H groups in total. The third-order valence-corrected chi connectivity index (χ3v) is 6.44. The molecule has 0 heterocycles. The summed E-state index contributed by atoms with van der Waals surface area (Å²) in [6, 6.07) is 2.47. The molecule has 1 unspecified atom stereocenters. The van der Waals surface area contributed by atoms with Gasteiger partial charge in [0.2, 0.25) is 0 Å². The summed E-state index contributed by atoms with van der Waals surface area (Å²) in [5.41, 5.74) is -1.38. The minimum atomic E-state index is -1.86. The minimum absolute atomic E-state index is 0.0192. The second kappa shape index (κ2) is 3.71. The molecule has 0 spiro atoms. The predicted molar refractivity (Wildman–Crippen MR) is 76.9 cm³/mol. The van der Waals surface area contributed by atoms with Crippen LogP contribution < -0.4 is 0 Å². The molecule has 2 saturated carbocycles. The van der Waals surface area contributed by atoms with E-state index in [1.54, 1.807) is 6.92 Å². The quantitative estimate of drug-likeness (QED) is 0.744. The van der Waals surface area contributed by atoms with E-state index in [0.29, 0.717) is 5.92 Å². The van der Waals surface area contributed by atoms with Crippen LogP contribution in [0.1, 0.15) is 34.1 Å². The molecule has 3 nitrogen and oxygen atoms in total. The van der Waals surface area contributed by atoms with Gasteiger partial charge in [-0.05, 0) is 38.9 Å². The molecule has 0 amide bonds. The lowest BCUT2D eigenvalue weighted by atomic mass is 9.70. The molecule has 2 aliphatic carbocycles. The monoisotopic (exact) mass is 279 g/mol. The number of nitrogens with zero attached hydrogens (tertiary/aromatic N) is 1. The number of nitriles is 1. The Hall–Kier alpha value is -0.663. The van der Waals surface area contributed by atoms with Gasteiger partial charge in [-0.1, -0.05) is 20.8 Å². The van der Waals surface area contributed by atoms with Gasteiger partial charge < -0.3 is 4.43 Å². The Balaban J connectivity index is 2.52. The second-order valence-electron chi connectivity index (χ2n) is 7.86. The summed E-state index contributed by atoms with van der Waals surface area (Å²) in [4.78, 5) is 12.1. The SMILES string of the molecule is CC(=O)[C@@]12C[C@@H]1C(C)(C)C(C#N)(O[Si](C)(C)C)[C@@H]2C. The van der Waals surface area contributed by atoms with Crippen LogP contribution in [0, 0.1) is 34.0 Å². The first kappa shape index (κ1) is 14.7. The molecule has 106 valence electrons. The second-order valence-corrected chi connectivity index (χ2v) is 12.3. The maximum absolute atomic E-state index is 12.1. The highest BCUT2D eigenvalue weighted by Gasteiger charge is 2.81. The van der Waals surface area contributed by atoms with Gasteiger partial charge in [-0.2, -0.15) is 5.26 Å². The molecule has 4 atom stereocenters. The van der Waals surface area contributed by atoms with E-state index in [0.717, 1.165) is 6.42 Å². The first-order valence-corrected chi connectivity index (χ1v) is 10.5. The van der Waals surface area contributed by atoms with Gasteiger partial charge in [0.1, 0.15) is 5.78 Å². The number of Topliss-reactive ketones (excluding diaryl/α,β-unsaturated/α-hetero) is 1. The maximum Gasteiger partial charge on any atom is 0.185 e. The van der Waals surface area contributed by atoms with Crippen molar-refractivity contribution in [1.82, 2.24) is 0 Å². The van der Waals surface area contributed by atoms with Crippen molar-refractivity contribution in [3.63, 3.8) is 0 Å². The Kier molecular flexibility index (Phi) is 2.87. The van der Waals surface area contributed by atoms with Crippen molar-refractivity contribution in [2.45, 2.75) is 59.4 Å². The minimum Gasteiger partial charge on any atom is -0.399 e. The molecule has 2 aliphatic rings. The molecule has 0 saturated heterocycles. The fraction of sp³-hybridized carbons (Fsp3) is 0.867. The van der Waals surface area contributed by atoms with Crippen molar-refractivity contribution in [3.05, 3.63) is 0 Å². The largest absolute Gasteiger partial charge is 0.399 e. The first-order valence-electron chi connectivity index (χ1n) is 7.08. The van der Waals surface area contributed by atoms with Crippen LogP contribution in [-0.4, -0.2) is 19.7 Å². The van der Waals surface area contributed by atoms with Crippen molar-refractivity contribution in [1.29, 1.82) is 5.26 Å². The molecule has 2 rings (SSSR count). The van der Waals surface area contributed by atoms with Gasteiger partial charge in [0.05, 0.1) is 6.07 Å². The van der Waals surface area contributed by atoms with E-state index < -0.39 is 13.9 Å². The normalized spacial score (nSPS) is 43.5. The summed E-state index contributed by atoms with van der Waals surface area (Å²) in [5.74, 6) is 0.507. The lowest BCUT2D eigenvalue weighted by molar-refractivity contribution is -0.125. The summed E-state index contributed by atoms with van der Waals surface area (Å²) >= 11 is 0. The number of carbonyl (C=O) groups excluding carboxylic acids is 1. The van der Waals surface area contributed by atoms with E-state index in [1.807, 2.05) is 6.92 Å². The molecule has 0 radical (unpaired) electrons. The van der Waals surface area contributed by atoms with Gasteiger partial charge in [-0.25, -0.2) is 0 Å². The van der Waals surface area contributed by atoms with Crippen molar-refractivity contribution in [2.75, 3.05) is 0 Å². The van der Waals surface area contributed by atoms with E-state index in [4.69, 9.17) is 4.43 Å². The number of rotatable bonds is 3. The topological polar surface area (TPSA) is 50.1 Å². The summed E-state index contributed by atoms with van der Waals surface area (Å²) in [7, 11) is -1.86. The molecule has 19 heavy (non-hydrogen) atoms. The van der Waals surface area contributed by atoms with Crippen molar-refractivity contribution in [2.24, 2.45) is 22.7 Å². The number of hydrogen-bond acceptors (Lipinski definition) is 3. The van der Waals surface area contributed by atoms with E-state index in [2.05, 4.69) is 39.6 Å². The molecule has 2 fully saturated rings. The molecule has 4 heteroatoms. The fourth-order valence-corrected chi connectivity index (χ4v) is 5.95. The number of fused-ring (bicyclic) bond motifs is 1. The van der Waals surface area contributed by atoms with Crippen molar-refractivity contribution in [3.8, 4) is 6.07 Å². The number of hydrogen-bond donors (Lipinski definition) is 0. The zero-order valence-corrected chi connectivity index (χ0v) is 14.1. The summed E-state index contributed by atoms with van der Waals surface area (Å²) in [5, 5.41) is 9.86. The van der Waals surface area contributed by atoms with Gasteiger partial charge in [-0.3, -0.25) is 4.79 Å². The van der Waals surface area contributed by atoms with E-state index in [9.17, 15) is 10.1 Å². The fourth-order valence-electron chi connectivity index (χ4n) is 4.50. The van der Waals surface area contributed by atoms with Gasteiger partial charge in [0, 0.05) is 16.7 Å². The molecule has 0 aromatic carbocycles.